The smallest absolute Gasteiger partial charge is 0.227 e. The Morgan fingerprint density at radius 1 is 0.640 bits per heavy atom. The lowest BCUT2D eigenvalue weighted by Crippen LogP contribution is -1.93. The molecule has 0 spiro atoms. The number of para-hydroxylation sites is 2. The van der Waals surface area contributed by atoms with Crippen LogP contribution < -0.4 is 11.5 Å². The SMILES string of the molecule is Nc1ccccc1-c1nc(-c2ccccc2)oc1-c1ccccc1N. The first-order chi connectivity index (χ1) is 12.2. The van der Waals surface area contributed by atoms with Crippen molar-refractivity contribution in [1.29, 1.82) is 0 Å². The van der Waals surface area contributed by atoms with Crippen LogP contribution in [-0.2, 0) is 0 Å². The van der Waals surface area contributed by atoms with Gasteiger partial charge in [0.1, 0.15) is 5.69 Å². The summed E-state index contributed by atoms with van der Waals surface area (Å²) in [5.41, 5.74) is 16.8. The summed E-state index contributed by atoms with van der Waals surface area (Å²) in [4.78, 5) is 4.73. The van der Waals surface area contributed by atoms with Gasteiger partial charge in [-0.05, 0) is 30.3 Å². The van der Waals surface area contributed by atoms with Crippen LogP contribution in [0.4, 0.5) is 11.4 Å². The summed E-state index contributed by atoms with van der Waals surface area (Å²) in [5.74, 6) is 1.16. The molecule has 3 aromatic carbocycles. The molecule has 0 saturated carbocycles. The van der Waals surface area contributed by atoms with Crippen molar-refractivity contribution in [2.75, 3.05) is 11.5 Å². The number of hydrogen-bond acceptors (Lipinski definition) is 4. The molecule has 0 bridgehead atoms. The third-order valence-electron chi connectivity index (χ3n) is 4.07. The fraction of sp³-hybridized carbons (Fsp3) is 0. The van der Waals surface area contributed by atoms with Gasteiger partial charge in [0.15, 0.2) is 5.76 Å². The molecule has 0 aliphatic carbocycles. The molecular formula is C21H17N3O. The lowest BCUT2D eigenvalue weighted by molar-refractivity contribution is 0.589. The molecule has 0 fully saturated rings. The van der Waals surface area contributed by atoms with E-state index in [0.29, 0.717) is 28.7 Å². The van der Waals surface area contributed by atoms with E-state index in [-0.39, 0.29) is 0 Å². The number of hydrogen-bond donors (Lipinski definition) is 2. The topological polar surface area (TPSA) is 78.1 Å². The Morgan fingerprint density at radius 3 is 1.84 bits per heavy atom. The van der Waals surface area contributed by atoms with Crippen LogP contribution in [0.5, 0.6) is 0 Å². The number of anilines is 2. The van der Waals surface area contributed by atoms with Crippen LogP contribution in [0.3, 0.4) is 0 Å². The predicted octanol–water partition coefficient (Wildman–Crippen LogP) is 4.84. The van der Waals surface area contributed by atoms with E-state index in [1.165, 1.54) is 0 Å². The van der Waals surface area contributed by atoms with Crippen LogP contribution in [0.1, 0.15) is 0 Å². The highest BCUT2D eigenvalue weighted by atomic mass is 16.4. The molecule has 1 aromatic heterocycles. The van der Waals surface area contributed by atoms with Gasteiger partial charge in [-0.1, -0.05) is 48.5 Å². The van der Waals surface area contributed by atoms with Crippen molar-refractivity contribution in [3.63, 3.8) is 0 Å². The quantitative estimate of drug-likeness (QED) is 0.528. The van der Waals surface area contributed by atoms with Crippen molar-refractivity contribution in [3.8, 4) is 34.0 Å². The molecular weight excluding hydrogens is 310 g/mol. The Labute approximate surface area is 145 Å². The highest BCUT2D eigenvalue weighted by Gasteiger charge is 2.20. The Kier molecular flexibility index (Phi) is 3.71. The summed E-state index contributed by atoms with van der Waals surface area (Å²) >= 11 is 0. The fourth-order valence-electron chi connectivity index (χ4n) is 2.81. The second kappa shape index (κ2) is 6.17. The average Bonchev–Trinajstić information content (AvgIpc) is 3.08. The number of nitrogen functional groups attached to an aromatic ring is 2. The van der Waals surface area contributed by atoms with Crippen molar-refractivity contribution in [3.05, 3.63) is 78.9 Å². The minimum Gasteiger partial charge on any atom is -0.435 e. The molecule has 0 saturated heterocycles. The number of rotatable bonds is 3. The monoisotopic (exact) mass is 327 g/mol. The summed E-state index contributed by atoms with van der Waals surface area (Å²) in [6, 6.07) is 25.0. The number of aromatic nitrogens is 1. The maximum atomic E-state index is 6.17. The van der Waals surface area contributed by atoms with Crippen molar-refractivity contribution in [2.24, 2.45) is 0 Å². The Hall–Kier alpha value is -3.53. The summed E-state index contributed by atoms with van der Waals surface area (Å²) in [5, 5.41) is 0. The van der Waals surface area contributed by atoms with E-state index in [4.69, 9.17) is 20.9 Å². The van der Waals surface area contributed by atoms with E-state index in [0.717, 1.165) is 16.7 Å². The normalized spacial score (nSPS) is 10.7. The Balaban J connectivity index is 1.97. The summed E-state index contributed by atoms with van der Waals surface area (Å²) < 4.78 is 6.13. The lowest BCUT2D eigenvalue weighted by Gasteiger charge is -2.06. The van der Waals surface area contributed by atoms with E-state index in [2.05, 4.69) is 0 Å². The molecule has 4 nitrogen and oxygen atoms in total. The average molecular weight is 327 g/mol. The molecule has 122 valence electrons. The van der Waals surface area contributed by atoms with Crippen molar-refractivity contribution in [1.82, 2.24) is 4.98 Å². The molecule has 4 aromatic rings. The minimum absolute atomic E-state index is 0.539. The highest BCUT2D eigenvalue weighted by molar-refractivity contribution is 5.88. The molecule has 4 rings (SSSR count). The fourth-order valence-corrected chi connectivity index (χ4v) is 2.81. The predicted molar refractivity (Wildman–Crippen MR) is 102 cm³/mol. The summed E-state index contributed by atoms with van der Waals surface area (Å²) in [6.45, 7) is 0. The number of benzene rings is 3. The van der Waals surface area contributed by atoms with E-state index in [9.17, 15) is 0 Å². The molecule has 25 heavy (non-hydrogen) atoms. The van der Waals surface area contributed by atoms with Crippen LogP contribution in [0.15, 0.2) is 83.3 Å². The van der Waals surface area contributed by atoms with Gasteiger partial charge < -0.3 is 15.9 Å². The first-order valence-electron chi connectivity index (χ1n) is 8.00. The van der Waals surface area contributed by atoms with Crippen LogP contribution in [0.25, 0.3) is 34.0 Å². The van der Waals surface area contributed by atoms with Gasteiger partial charge >= 0.3 is 0 Å². The molecule has 0 radical (unpaired) electrons. The van der Waals surface area contributed by atoms with E-state index >= 15 is 0 Å². The zero-order chi connectivity index (χ0) is 17.2. The number of oxazole rings is 1. The minimum atomic E-state index is 0.539. The van der Waals surface area contributed by atoms with Crippen molar-refractivity contribution >= 4 is 11.4 Å². The Morgan fingerprint density at radius 2 is 1.20 bits per heavy atom. The molecule has 0 unspecified atom stereocenters. The molecule has 0 atom stereocenters. The standard InChI is InChI=1S/C21H17N3O/c22-17-12-6-4-10-15(17)19-20(16-11-5-7-13-18(16)23)25-21(24-19)14-8-2-1-3-9-14/h1-13H,22-23H2. The third-order valence-corrected chi connectivity index (χ3v) is 4.07. The van der Waals surface area contributed by atoms with E-state index in [1.54, 1.807) is 0 Å². The molecule has 4 N–H and O–H groups in total. The zero-order valence-corrected chi connectivity index (χ0v) is 13.5. The van der Waals surface area contributed by atoms with Crippen LogP contribution in [0, 0.1) is 0 Å². The molecule has 4 heteroatoms. The molecule has 1 heterocycles. The van der Waals surface area contributed by atoms with Crippen LogP contribution >= 0.6 is 0 Å². The van der Waals surface area contributed by atoms with Gasteiger partial charge in [-0.2, -0.15) is 0 Å². The van der Waals surface area contributed by atoms with E-state index in [1.807, 2.05) is 78.9 Å². The van der Waals surface area contributed by atoms with Gasteiger partial charge in [0.2, 0.25) is 5.89 Å². The van der Waals surface area contributed by atoms with Gasteiger partial charge in [0.25, 0.3) is 0 Å². The first kappa shape index (κ1) is 15.0. The summed E-state index contributed by atoms with van der Waals surface area (Å²) in [7, 11) is 0. The maximum Gasteiger partial charge on any atom is 0.227 e. The Bertz CT molecular complexity index is 959. The van der Waals surface area contributed by atoms with Crippen LogP contribution in [0.2, 0.25) is 0 Å². The van der Waals surface area contributed by atoms with Gasteiger partial charge in [-0.3, -0.25) is 0 Å². The largest absolute Gasteiger partial charge is 0.435 e. The summed E-state index contributed by atoms with van der Waals surface area (Å²) in [6.07, 6.45) is 0. The lowest BCUT2D eigenvalue weighted by atomic mass is 10.0. The molecule has 0 amide bonds. The molecule has 0 aliphatic heterocycles. The second-order valence-corrected chi connectivity index (χ2v) is 5.74. The van der Waals surface area contributed by atoms with Crippen molar-refractivity contribution in [2.45, 2.75) is 0 Å². The van der Waals surface area contributed by atoms with Gasteiger partial charge in [-0.25, -0.2) is 4.98 Å². The highest BCUT2D eigenvalue weighted by Crippen LogP contribution is 2.39. The maximum absolute atomic E-state index is 6.17. The van der Waals surface area contributed by atoms with Gasteiger partial charge in [0, 0.05) is 28.1 Å². The first-order valence-corrected chi connectivity index (χ1v) is 8.00. The van der Waals surface area contributed by atoms with Gasteiger partial charge in [-0.15, -0.1) is 0 Å². The van der Waals surface area contributed by atoms with Gasteiger partial charge in [0.05, 0.1) is 0 Å². The zero-order valence-electron chi connectivity index (χ0n) is 13.5. The third kappa shape index (κ3) is 2.74. The number of nitrogens with zero attached hydrogens (tertiary/aromatic N) is 1. The second-order valence-electron chi connectivity index (χ2n) is 5.74. The van der Waals surface area contributed by atoms with E-state index < -0.39 is 0 Å². The molecule has 0 aliphatic rings. The number of nitrogens with two attached hydrogens (primary N) is 2. The van der Waals surface area contributed by atoms with Crippen LogP contribution in [-0.4, -0.2) is 4.98 Å². The van der Waals surface area contributed by atoms with Crippen molar-refractivity contribution < 1.29 is 4.42 Å².